The molecular weight excluding hydrogens is 340 g/mol. The van der Waals surface area contributed by atoms with Gasteiger partial charge in [-0.15, -0.1) is 0 Å². The summed E-state index contributed by atoms with van der Waals surface area (Å²) in [7, 11) is 1.60. The molecule has 0 bridgehead atoms. The number of amides is 2. The number of nitrogens with one attached hydrogen (secondary N) is 1. The largest absolute Gasteiger partial charge is 0.481 e. The number of hydrogen-bond acceptors (Lipinski definition) is 4. The van der Waals surface area contributed by atoms with Crippen molar-refractivity contribution in [1.82, 2.24) is 20.2 Å². The number of benzene rings is 1. The van der Waals surface area contributed by atoms with Crippen molar-refractivity contribution < 1.29 is 9.53 Å². The number of fused-ring (bicyclic) bond motifs is 1. The van der Waals surface area contributed by atoms with Crippen LogP contribution in [0.15, 0.2) is 36.7 Å². The molecule has 142 valence electrons. The quantitative estimate of drug-likeness (QED) is 0.883. The van der Waals surface area contributed by atoms with Crippen molar-refractivity contribution >= 4 is 6.03 Å². The third-order valence-corrected chi connectivity index (χ3v) is 5.89. The maximum Gasteiger partial charge on any atom is 0.317 e. The van der Waals surface area contributed by atoms with Crippen LogP contribution in [0.2, 0.25) is 0 Å². The molecule has 0 radical (unpaired) electrons. The first kappa shape index (κ1) is 17.8. The Labute approximate surface area is 160 Å². The molecular formula is C21H26N4O2. The predicted molar refractivity (Wildman–Crippen MR) is 103 cm³/mol. The van der Waals surface area contributed by atoms with Crippen LogP contribution in [0, 0.1) is 5.41 Å². The summed E-state index contributed by atoms with van der Waals surface area (Å²) >= 11 is 0. The average molecular weight is 366 g/mol. The molecule has 2 amide bonds. The second kappa shape index (κ2) is 7.55. The van der Waals surface area contributed by atoms with E-state index >= 15 is 0 Å². The van der Waals surface area contributed by atoms with Crippen LogP contribution in [0.4, 0.5) is 4.79 Å². The van der Waals surface area contributed by atoms with Crippen LogP contribution in [-0.4, -0.2) is 41.1 Å². The smallest absolute Gasteiger partial charge is 0.317 e. The number of carbonyl (C=O) groups excluding carboxylic acids is 1. The summed E-state index contributed by atoms with van der Waals surface area (Å²) in [5, 5.41) is 3.19. The van der Waals surface area contributed by atoms with Gasteiger partial charge >= 0.3 is 6.03 Å². The third kappa shape index (κ3) is 3.75. The van der Waals surface area contributed by atoms with Gasteiger partial charge < -0.3 is 15.0 Å². The van der Waals surface area contributed by atoms with Gasteiger partial charge in [-0.05, 0) is 30.2 Å². The van der Waals surface area contributed by atoms with Crippen molar-refractivity contribution in [2.75, 3.05) is 20.2 Å². The molecule has 0 spiro atoms. The lowest BCUT2D eigenvalue weighted by Gasteiger charge is -2.43. The molecule has 0 atom stereocenters. The van der Waals surface area contributed by atoms with E-state index in [0.717, 1.165) is 30.6 Å². The fourth-order valence-electron chi connectivity index (χ4n) is 4.16. The van der Waals surface area contributed by atoms with E-state index < -0.39 is 0 Å². The van der Waals surface area contributed by atoms with Crippen LogP contribution in [0.1, 0.15) is 36.1 Å². The van der Waals surface area contributed by atoms with Gasteiger partial charge in [0.05, 0.1) is 24.9 Å². The lowest BCUT2D eigenvalue weighted by molar-refractivity contribution is 0.124. The molecule has 1 saturated carbocycles. The van der Waals surface area contributed by atoms with E-state index in [1.54, 1.807) is 7.11 Å². The lowest BCUT2D eigenvalue weighted by atomic mass is 9.65. The molecule has 6 heteroatoms. The van der Waals surface area contributed by atoms with E-state index in [4.69, 9.17) is 4.74 Å². The molecule has 27 heavy (non-hydrogen) atoms. The summed E-state index contributed by atoms with van der Waals surface area (Å²) in [6.07, 6.45) is 6.88. The van der Waals surface area contributed by atoms with E-state index in [1.807, 2.05) is 11.0 Å². The monoisotopic (exact) mass is 366 g/mol. The Morgan fingerprint density at radius 2 is 2.07 bits per heavy atom. The van der Waals surface area contributed by atoms with Crippen LogP contribution < -0.4 is 10.1 Å². The van der Waals surface area contributed by atoms with E-state index in [2.05, 4.69) is 39.6 Å². The lowest BCUT2D eigenvalue weighted by Crippen LogP contribution is -2.49. The minimum atomic E-state index is -0.00843. The second-order valence-corrected chi connectivity index (χ2v) is 7.65. The number of carbonyl (C=O) groups is 1. The predicted octanol–water partition coefficient (Wildman–Crippen LogP) is 2.97. The fraction of sp³-hybridized carbons (Fsp3) is 0.476. The van der Waals surface area contributed by atoms with Crippen molar-refractivity contribution in [1.29, 1.82) is 0 Å². The molecule has 1 fully saturated rings. The van der Waals surface area contributed by atoms with Gasteiger partial charge in [0.2, 0.25) is 5.88 Å². The topological polar surface area (TPSA) is 67.4 Å². The maximum absolute atomic E-state index is 12.8. The molecule has 2 aromatic rings. The van der Waals surface area contributed by atoms with Crippen LogP contribution in [0.3, 0.4) is 0 Å². The Balaban J connectivity index is 1.38. The molecule has 1 aromatic heterocycles. The number of nitrogens with zero attached hydrogens (tertiary/aromatic N) is 3. The molecule has 2 aliphatic rings. The zero-order chi connectivity index (χ0) is 18.7. The summed E-state index contributed by atoms with van der Waals surface area (Å²) in [5.41, 5.74) is 3.45. The van der Waals surface area contributed by atoms with Crippen molar-refractivity contribution in [2.24, 2.45) is 5.41 Å². The van der Waals surface area contributed by atoms with E-state index in [9.17, 15) is 4.79 Å². The number of urea groups is 1. The van der Waals surface area contributed by atoms with Crippen LogP contribution in [0.5, 0.6) is 5.88 Å². The van der Waals surface area contributed by atoms with Crippen LogP contribution in [0.25, 0.3) is 0 Å². The molecule has 1 aliphatic heterocycles. The molecule has 6 nitrogen and oxygen atoms in total. The Bertz CT molecular complexity index is 791. The maximum atomic E-state index is 12.8. The van der Waals surface area contributed by atoms with Gasteiger partial charge in [0.15, 0.2) is 0 Å². The Kier molecular flexibility index (Phi) is 4.97. The highest BCUT2D eigenvalue weighted by atomic mass is 16.5. The zero-order valence-electron chi connectivity index (χ0n) is 15.8. The molecule has 4 rings (SSSR count). The number of aromatic nitrogens is 2. The number of ether oxygens (including phenoxy) is 1. The van der Waals surface area contributed by atoms with Gasteiger partial charge in [-0.2, -0.15) is 0 Å². The second-order valence-electron chi connectivity index (χ2n) is 7.65. The first-order chi connectivity index (χ1) is 13.2. The first-order valence-corrected chi connectivity index (χ1v) is 9.63. The molecule has 1 N–H and O–H groups in total. The van der Waals surface area contributed by atoms with E-state index in [0.29, 0.717) is 19.0 Å². The highest BCUT2D eigenvalue weighted by Gasteiger charge is 2.37. The third-order valence-electron chi connectivity index (χ3n) is 5.89. The SMILES string of the molecule is COc1ncnc2c1CN(C(=O)NCC1(Cc3ccccc3)CCC1)CC2. The highest BCUT2D eigenvalue weighted by Crippen LogP contribution is 2.43. The Morgan fingerprint density at radius 1 is 1.26 bits per heavy atom. The van der Waals surface area contributed by atoms with Gasteiger partial charge in [0.1, 0.15) is 6.33 Å². The molecule has 2 heterocycles. The number of methoxy groups -OCH3 is 1. The van der Waals surface area contributed by atoms with E-state index in [-0.39, 0.29) is 11.4 Å². The zero-order valence-corrected chi connectivity index (χ0v) is 15.8. The van der Waals surface area contributed by atoms with Crippen molar-refractivity contribution in [3.63, 3.8) is 0 Å². The van der Waals surface area contributed by atoms with E-state index in [1.165, 1.54) is 31.2 Å². The Morgan fingerprint density at radius 3 is 2.78 bits per heavy atom. The van der Waals surface area contributed by atoms with Crippen molar-refractivity contribution in [2.45, 2.75) is 38.6 Å². The number of hydrogen-bond donors (Lipinski definition) is 1. The summed E-state index contributed by atoms with van der Waals surface area (Å²) in [6.45, 7) is 1.90. The molecule has 1 aromatic carbocycles. The summed E-state index contributed by atoms with van der Waals surface area (Å²) < 4.78 is 5.34. The summed E-state index contributed by atoms with van der Waals surface area (Å²) in [4.78, 5) is 23.1. The van der Waals surface area contributed by atoms with Gasteiger partial charge in [-0.3, -0.25) is 0 Å². The minimum Gasteiger partial charge on any atom is -0.481 e. The van der Waals surface area contributed by atoms with Gasteiger partial charge in [0, 0.05) is 19.5 Å². The van der Waals surface area contributed by atoms with Gasteiger partial charge in [-0.25, -0.2) is 14.8 Å². The molecule has 1 aliphatic carbocycles. The first-order valence-electron chi connectivity index (χ1n) is 9.63. The standard InChI is InChI=1S/C21H26N4O2/c1-27-19-17-13-25(11-8-18(17)23-15-24-19)20(26)22-14-21(9-5-10-21)12-16-6-3-2-4-7-16/h2-4,6-7,15H,5,8-14H2,1H3,(H,22,26). The van der Waals surface area contributed by atoms with Crippen molar-refractivity contribution in [3.8, 4) is 5.88 Å². The van der Waals surface area contributed by atoms with Gasteiger partial charge in [0.25, 0.3) is 0 Å². The van der Waals surface area contributed by atoms with Gasteiger partial charge in [-0.1, -0.05) is 36.8 Å². The fourth-order valence-corrected chi connectivity index (χ4v) is 4.16. The summed E-state index contributed by atoms with van der Waals surface area (Å²) in [6, 6.07) is 10.6. The average Bonchev–Trinajstić information content (AvgIpc) is 2.69. The van der Waals surface area contributed by atoms with Crippen molar-refractivity contribution in [3.05, 3.63) is 53.5 Å². The van der Waals surface area contributed by atoms with Crippen LogP contribution in [-0.2, 0) is 19.4 Å². The van der Waals surface area contributed by atoms with Crippen LogP contribution >= 0.6 is 0 Å². The molecule has 0 unspecified atom stereocenters. The minimum absolute atomic E-state index is 0.00843. The highest BCUT2D eigenvalue weighted by molar-refractivity contribution is 5.74. The normalized spacial score (nSPS) is 17.6. The molecule has 0 saturated heterocycles. The summed E-state index contributed by atoms with van der Waals surface area (Å²) in [5.74, 6) is 0.567. The number of rotatable bonds is 5. The Hall–Kier alpha value is -2.63.